The van der Waals surface area contributed by atoms with Crippen molar-refractivity contribution in [2.75, 3.05) is 7.11 Å². The third-order valence-corrected chi connectivity index (χ3v) is 1.43. The van der Waals surface area contributed by atoms with Gasteiger partial charge in [-0.25, -0.2) is 0 Å². The Bertz CT molecular complexity index is 198. The first-order chi connectivity index (χ1) is 4.86. The van der Waals surface area contributed by atoms with Gasteiger partial charge in [0, 0.05) is 12.3 Å². The molecule has 0 saturated heterocycles. The highest BCUT2D eigenvalue weighted by molar-refractivity contribution is 6.16. The molecule has 0 bridgehead atoms. The maximum atomic E-state index is 5.54. The van der Waals surface area contributed by atoms with E-state index < -0.39 is 0 Å². The lowest BCUT2D eigenvalue weighted by atomic mass is 10.4. The summed E-state index contributed by atoms with van der Waals surface area (Å²) in [4.78, 5) is 3.99. The van der Waals surface area contributed by atoms with Crippen LogP contribution in [0.3, 0.4) is 0 Å². The van der Waals surface area contributed by atoms with Gasteiger partial charge in [-0.05, 0) is 6.07 Å². The zero-order chi connectivity index (χ0) is 7.40. The van der Waals surface area contributed by atoms with Crippen molar-refractivity contribution in [3.63, 3.8) is 0 Å². The average Bonchev–Trinajstić information content (AvgIpc) is 2.05. The molecule has 2 nitrogen and oxygen atoms in total. The Morgan fingerprint density at radius 2 is 2.36 bits per heavy atom. The van der Waals surface area contributed by atoms with Gasteiger partial charge in [0.1, 0.15) is 5.75 Å². The van der Waals surface area contributed by atoms with Crippen LogP contribution in [0.5, 0.6) is 5.75 Å². The molecular formula is C7H9Cl2NO. The van der Waals surface area contributed by atoms with Gasteiger partial charge in [0.2, 0.25) is 0 Å². The molecule has 0 unspecified atom stereocenters. The fourth-order valence-electron chi connectivity index (χ4n) is 0.656. The predicted octanol–water partition coefficient (Wildman–Crippen LogP) is 2.25. The van der Waals surface area contributed by atoms with Crippen LogP contribution in [0.4, 0.5) is 0 Å². The lowest BCUT2D eigenvalue weighted by Gasteiger charge is -1.98. The van der Waals surface area contributed by atoms with E-state index in [1.165, 1.54) is 0 Å². The first kappa shape index (κ1) is 10.5. The lowest BCUT2D eigenvalue weighted by molar-refractivity contribution is 0.413. The van der Waals surface area contributed by atoms with E-state index >= 15 is 0 Å². The molecule has 0 spiro atoms. The highest BCUT2D eigenvalue weighted by Crippen LogP contribution is 2.10. The van der Waals surface area contributed by atoms with Crippen LogP contribution < -0.4 is 4.74 Å². The van der Waals surface area contributed by atoms with Crippen LogP contribution >= 0.6 is 24.0 Å². The molecule has 0 aliphatic rings. The standard InChI is InChI=1S/C7H8ClNO.ClH/c1-10-7-2-3-9-6(4-7)5-8;/h2-4H,5H2,1H3;1H. The summed E-state index contributed by atoms with van der Waals surface area (Å²) in [7, 11) is 1.62. The molecule has 1 aromatic heterocycles. The smallest absolute Gasteiger partial charge is 0.122 e. The number of aromatic nitrogens is 1. The molecule has 0 N–H and O–H groups in total. The van der Waals surface area contributed by atoms with Crippen molar-refractivity contribution >= 4 is 24.0 Å². The number of halogens is 2. The first-order valence-electron chi connectivity index (χ1n) is 2.91. The number of methoxy groups -OCH3 is 1. The number of hydrogen-bond donors (Lipinski definition) is 0. The fraction of sp³-hybridized carbons (Fsp3) is 0.286. The van der Waals surface area contributed by atoms with E-state index in [-0.39, 0.29) is 12.4 Å². The van der Waals surface area contributed by atoms with Crippen LogP contribution in [0.15, 0.2) is 18.3 Å². The van der Waals surface area contributed by atoms with Gasteiger partial charge in [0.25, 0.3) is 0 Å². The molecule has 0 aliphatic carbocycles. The zero-order valence-corrected chi connectivity index (χ0v) is 7.65. The summed E-state index contributed by atoms with van der Waals surface area (Å²) in [6.07, 6.45) is 1.68. The van der Waals surface area contributed by atoms with Crippen LogP contribution in [0, 0.1) is 0 Å². The topological polar surface area (TPSA) is 22.1 Å². The van der Waals surface area contributed by atoms with Crippen LogP contribution in [0.1, 0.15) is 5.69 Å². The molecule has 11 heavy (non-hydrogen) atoms. The number of hydrogen-bond acceptors (Lipinski definition) is 2. The molecule has 1 rings (SSSR count). The van der Waals surface area contributed by atoms with Crippen molar-refractivity contribution < 1.29 is 4.74 Å². The number of nitrogens with zero attached hydrogens (tertiary/aromatic N) is 1. The van der Waals surface area contributed by atoms with E-state index in [1.54, 1.807) is 19.4 Å². The van der Waals surface area contributed by atoms with Gasteiger partial charge >= 0.3 is 0 Å². The van der Waals surface area contributed by atoms with Gasteiger partial charge < -0.3 is 4.74 Å². The van der Waals surface area contributed by atoms with Gasteiger partial charge in [0.15, 0.2) is 0 Å². The molecule has 4 heteroatoms. The van der Waals surface area contributed by atoms with Crippen LogP contribution in [-0.2, 0) is 5.88 Å². The summed E-state index contributed by atoms with van der Waals surface area (Å²) >= 11 is 5.54. The highest BCUT2D eigenvalue weighted by atomic mass is 35.5. The number of rotatable bonds is 2. The molecule has 1 heterocycles. The maximum Gasteiger partial charge on any atom is 0.122 e. The van der Waals surface area contributed by atoms with Crippen molar-refractivity contribution in [1.29, 1.82) is 0 Å². The Morgan fingerprint density at radius 1 is 1.64 bits per heavy atom. The third-order valence-electron chi connectivity index (χ3n) is 1.16. The Morgan fingerprint density at radius 3 is 2.91 bits per heavy atom. The molecule has 0 aliphatic heterocycles. The monoisotopic (exact) mass is 193 g/mol. The number of pyridine rings is 1. The Labute approximate surface area is 77.0 Å². The Hall–Kier alpha value is -0.470. The van der Waals surface area contributed by atoms with E-state index in [0.29, 0.717) is 5.88 Å². The van der Waals surface area contributed by atoms with Crippen molar-refractivity contribution in [2.45, 2.75) is 5.88 Å². The van der Waals surface area contributed by atoms with Crippen molar-refractivity contribution in [3.05, 3.63) is 24.0 Å². The summed E-state index contributed by atoms with van der Waals surface area (Å²) in [6.45, 7) is 0. The second kappa shape index (κ2) is 5.22. The second-order valence-electron chi connectivity index (χ2n) is 1.82. The summed E-state index contributed by atoms with van der Waals surface area (Å²) < 4.78 is 4.96. The van der Waals surface area contributed by atoms with Gasteiger partial charge in [-0.3, -0.25) is 4.98 Å². The van der Waals surface area contributed by atoms with E-state index in [0.717, 1.165) is 11.4 Å². The molecule has 1 aromatic rings. The third kappa shape index (κ3) is 2.95. The highest BCUT2D eigenvalue weighted by Gasteiger charge is 1.93. The Kier molecular flexibility index (Phi) is 4.99. The van der Waals surface area contributed by atoms with Crippen LogP contribution in [0.25, 0.3) is 0 Å². The van der Waals surface area contributed by atoms with Crippen molar-refractivity contribution in [3.8, 4) is 5.75 Å². The van der Waals surface area contributed by atoms with E-state index in [1.807, 2.05) is 6.07 Å². The lowest BCUT2D eigenvalue weighted by Crippen LogP contribution is -1.87. The predicted molar refractivity (Wildman–Crippen MR) is 47.6 cm³/mol. The molecule has 62 valence electrons. The second-order valence-corrected chi connectivity index (χ2v) is 2.09. The summed E-state index contributed by atoms with van der Waals surface area (Å²) in [5.41, 5.74) is 0.834. The van der Waals surface area contributed by atoms with Gasteiger partial charge in [-0.2, -0.15) is 0 Å². The minimum atomic E-state index is 0. The average molecular weight is 194 g/mol. The maximum absolute atomic E-state index is 5.54. The van der Waals surface area contributed by atoms with Gasteiger partial charge in [0.05, 0.1) is 18.7 Å². The zero-order valence-electron chi connectivity index (χ0n) is 6.08. The number of ether oxygens (including phenoxy) is 1. The SMILES string of the molecule is COc1ccnc(CCl)c1.Cl. The van der Waals surface area contributed by atoms with E-state index in [2.05, 4.69) is 4.98 Å². The van der Waals surface area contributed by atoms with Crippen LogP contribution in [0.2, 0.25) is 0 Å². The van der Waals surface area contributed by atoms with Crippen molar-refractivity contribution in [2.24, 2.45) is 0 Å². The summed E-state index contributed by atoms with van der Waals surface area (Å²) in [6, 6.07) is 3.60. The Balaban J connectivity index is 0.000001000. The molecular weight excluding hydrogens is 185 g/mol. The van der Waals surface area contributed by atoms with Crippen LogP contribution in [-0.4, -0.2) is 12.1 Å². The normalized spacial score (nSPS) is 8.55. The summed E-state index contributed by atoms with van der Waals surface area (Å²) in [5, 5.41) is 0. The minimum Gasteiger partial charge on any atom is -0.497 e. The summed E-state index contributed by atoms with van der Waals surface area (Å²) in [5.74, 6) is 1.22. The number of alkyl halides is 1. The molecule has 0 amide bonds. The first-order valence-corrected chi connectivity index (χ1v) is 3.45. The largest absolute Gasteiger partial charge is 0.497 e. The van der Waals surface area contributed by atoms with Crippen molar-refractivity contribution in [1.82, 2.24) is 4.98 Å². The molecule has 0 saturated carbocycles. The molecule has 0 atom stereocenters. The van der Waals surface area contributed by atoms with Gasteiger partial charge in [-0.1, -0.05) is 0 Å². The van der Waals surface area contributed by atoms with E-state index in [9.17, 15) is 0 Å². The fourth-order valence-corrected chi connectivity index (χ4v) is 0.802. The molecule has 0 aromatic carbocycles. The minimum absolute atomic E-state index is 0. The quantitative estimate of drug-likeness (QED) is 0.673. The van der Waals surface area contributed by atoms with E-state index in [4.69, 9.17) is 16.3 Å². The molecule has 0 fully saturated rings. The molecule has 0 radical (unpaired) electrons. The van der Waals surface area contributed by atoms with Gasteiger partial charge in [-0.15, -0.1) is 24.0 Å².